The van der Waals surface area contributed by atoms with Crippen molar-refractivity contribution in [3.05, 3.63) is 64.6 Å². The summed E-state index contributed by atoms with van der Waals surface area (Å²) in [7, 11) is 3.21. The van der Waals surface area contributed by atoms with Crippen molar-refractivity contribution in [3.63, 3.8) is 0 Å². The van der Waals surface area contributed by atoms with Gasteiger partial charge in [0, 0.05) is 57.9 Å². The van der Waals surface area contributed by atoms with E-state index in [0.29, 0.717) is 31.9 Å². The minimum absolute atomic E-state index is 0.0610. The molecule has 3 heterocycles. The quantitative estimate of drug-likeness (QED) is 0.591. The third-order valence-electron chi connectivity index (χ3n) is 5.95. The standard InChI is InChI=1S/C24H29N5O4/c1-32-19-5-3-18(4-6-19)16-26-24(31)28-12-9-27(10-13-28)11-14-29-22-15-20(33-2)17-25-21(22)7-8-23(29)30/h3-8,15,17H,9-14,16H2,1-2H3,(H,26,31). The Bertz CT molecular complexity index is 1150. The second-order valence-electron chi connectivity index (χ2n) is 7.94. The number of methoxy groups -OCH3 is 2. The molecule has 2 aromatic heterocycles. The summed E-state index contributed by atoms with van der Waals surface area (Å²) in [6, 6.07) is 12.7. The topological polar surface area (TPSA) is 88.9 Å². The lowest BCUT2D eigenvalue weighted by molar-refractivity contribution is 0.136. The molecule has 174 valence electrons. The number of ether oxygens (including phenoxy) is 2. The summed E-state index contributed by atoms with van der Waals surface area (Å²) in [4.78, 5) is 33.5. The van der Waals surface area contributed by atoms with E-state index in [2.05, 4.69) is 15.2 Å². The van der Waals surface area contributed by atoms with E-state index >= 15 is 0 Å². The normalized spacial score (nSPS) is 14.3. The van der Waals surface area contributed by atoms with Gasteiger partial charge >= 0.3 is 6.03 Å². The number of pyridine rings is 2. The second-order valence-corrected chi connectivity index (χ2v) is 7.94. The van der Waals surface area contributed by atoms with Gasteiger partial charge in [-0.15, -0.1) is 0 Å². The molecule has 9 nitrogen and oxygen atoms in total. The zero-order chi connectivity index (χ0) is 23.2. The predicted molar refractivity (Wildman–Crippen MR) is 126 cm³/mol. The summed E-state index contributed by atoms with van der Waals surface area (Å²) in [6.07, 6.45) is 1.65. The van der Waals surface area contributed by atoms with Gasteiger partial charge in [0.2, 0.25) is 0 Å². The maximum atomic E-state index is 12.5. The zero-order valence-electron chi connectivity index (χ0n) is 19.0. The molecule has 0 saturated carbocycles. The fourth-order valence-corrected chi connectivity index (χ4v) is 3.94. The van der Waals surface area contributed by atoms with E-state index in [9.17, 15) is 9.59 Å². The summed E-state index contributed by atoms with van der Waals surface area (Å²) in [5.41, 5.74) is 2.48. The summed E-state index contributed by atoms with van der Waals surface area (Å²) in [5, 5.41) is 2.98. The highest BCUT2D eigenvalue weighted by Crippen LogP contribution is 2.17. The van der Waals surface area contributed by atoms with E-state index in [1.54, 1.807) is 37.1 Å². The number of urea groups is 1. The molecular formula is C24H29N5O4. The van der Waals surface area contributed by atoms with Crippen LogP contribution in [0.5, 0.6) is 11.5 Å². The van der Waals surface area contributed by atoms with Crippen LogP contribution in [0.1, 0.15) is 5.56 Å². The first-order chi connectivity index (χ1) is 16.1. The molecule has 1 aliphatic rings. The molecule has 0 bridgehead atoms. The minimum atomic E-state index is -0.0612. The number of fused-ring (bicyclic) bond motifs is 1. The van der Waals surface area contributed by atoms with Gasteiger partial charge in [-0.1, -0.05) is 12.1 Å². The lowest BCUT2D eigenvalue weighted by Crippen LogP contribution is -2.52. The Hall–Kier alpha value is -3.59. The highest BCUT2D eigenvalue weighted by atomic mass is 16.5. The first kappa shape index (κ1) is 22.6. The highest BCUT2D eigenvalue weighted by molar-refractivity contribution is 5.76. The molecule has 1 N–H and O–H groups in total. The first-order valence-corrected chi connectivity index (χ1v) is 11.0. The molecule has 33 heavy (non-hydrogen) atoms. The predicted octanol–water partition coefficient (Wildman–Crippen LogP) is 1.94. The number of hydrogen-bond acceptors (Lipinski definition) is 6. The monoisotopic (exact) mass is 451 g/mol. The van der Waals surface area contributed by atoms with Crippen molar-refractivity contribution >= 4 is 17.1 Å². The number of hydrogen-bond donors (Lipinski definition) is 1. The molecule has 9 heteroatoms. The van der Waals surface area contributed by atoms with Crippen molar-refractivity contribution in [3.8, 4) is 11.5 Å². The molecule has 0 unspecified atom stereocenters. The molecule has 1 saturated heterocycles. The van der Waals surface area contributed by atoms with Crippen molar-refractivity contribution in [1.29, 1.82) is 0 Å². The van der Waals surface area contributed by atoms with Gasteiger partial charge in [-0.25, -0.2) is 4.79 Å². The van der Waals surface area contributed by atoms with Crippen LogP contribution in [0.3, 0.4) is 0 Å². The van der Waals surface area contributed by atoms with Gasteiger partial charge in [0.05, 0.1) is 31.4 Å². The largest absolute Gasteiger partial charge is 0.497 e. The number of amides is 2. The Morgan fingerprint density at radius 1 is 0.970 bits per heavy atom. The average molecular weight is 452 g/mol. The lowest BCUT2D eigenvalue weighted by Gasteiger charge is -2.34. The molecule has 3 aromatic rings. The first-order valence-electron chi connectivity index (χ1n) is 11.0. The van der Waals surface area contributed by atoms with E-state index in [1.807, 2.05) is 35.2 Å². The van der Waals surface area contributed by atoms with Crippen LogP contribution < -0.4 is 20.3 Å². The Balaban J connectivity index is 1.28. The van der Waals surface area contributed by atoms with Crippen LogP contribution in [0, 0.1) is 0 Å². The summed E-state index contributed by atoms with van der Waals surface area (Å²) >= 11 is 0. The third-order valence-corrected chi connectivity index (χ3v) is 5.95. The van der Waals surface area contributed by atoms with E-state index in [1.165, 1.54) is 0 Å². The Morgan fingerprint density at radius 3 is 2.39 bits per heavy atom. The van der Waals surface area contributed by atoms with E-state index in [0.717, 1.165) is 42.0 Å². The maximum absolute atomic E-state index is 12.5. The Labute approximate surface area is 192 Å². The molecule has 4 rings (SSSR count). The van der Waals surface area contributed by atoms with Crippen molar-refractivity contribution in [2.45, 2.75) is 13.1 Å². The van der Waals surface area contributed by atoms with Crippen molar-refractivity contribution in [1.82, 2.24) is 24.7 Å². The van der Waals surface area contributed by atoms with Crippen LogP contribution in [-0.4, -0.2) is 72.3 Å². The molecular weight excluding hydrogens is 422 g/mol. The maximum Gasteiger partial charge on any atom is 0.317 e. The number of rotatable bonds is 7. The number of benzene rings is 1. The molecule has 2 amide bonds. The number of nitrogens with zero attached hydrogens (tertiary/aromatic N) is 4. The number of piperazine rings is 1. The van der Waals surface area contributed by atoms with E-state index < -0.39 is 0 Å². The van der Waals surface area contributed by atoms with Gasteiger partial charge in [0.15, 0.2) is 0 Å². The van der Waals surface area contributed by atoms with Crippen LogP contribution in [-0.2, 0) is 13.1 Å². The smallest absolute Gasteiger partial charge is 0.317 e. The fraction of sp³-hybridized carbons (Fsp3) is 0.375. The van der Waals surface area contributed by atoms with Gasteiger partial charge in [0.25, 0.3) is 5.56 Å². The second kappa shape index (κ2) is 10.4. The van der Waals surface area contributed by atoms with Crippen LogP contribution in [0.4, 0.5) is 4.79 Å². The van der Waals surface area contributed by atoms with Crippen LogP contribution in [0.2, 0.25) is 0 Å². The Morgan fingerprint density at radius 2 is 1.70 bits per heavy atom. The number of carbonyl (C=O) groups excluding carboxylic acids is 1. The molecule has 0 spiro atoms. The molecule has 0 atom stereocenters. The van der Waals surface area contributed by atoms with Gasteiger partial charge in [-0.2, -0.15) is 0 Å². The van der Waals surface area contributed by atoms with Crippen LogP contribution in [0.15, 0.2) is 53.5 Å². The molecule has 0 aliphatic carbocycles. The molecule has 1 aliphatic heterocycles. The zero-order valence-corrected chi connectivity index (χ0v) is 19.0. The Kier molecular flexibility index (Phi) is 7.09. The summed E-state index contributed by atoms with van der Waals surface area (Å²) in [6.45, 7) is 4.56. The molecule has 1 fully saturated rings. The van der Waals surface area contributed by atoms with Crippen molar-refractivity contribution in [2.75, 3.05) is 46.9 Å². The number of nitrogens with one attached hydrogen (secondary N) is 1. The van der Waals surface area contributed by atoms with Gasteiger partial charge < -0.3 is 24.3 Å². The number of carbonyl (C=O) groups is 1. The average Bonchev–Trinajstić information content (AvgIpc) is 2.87. The SMILES string of the molecule is COc1ccc(CNC(=O)N2CCN(CCn3c(=O)ccc4ncc(OC)cc43)CC2)cc1. The fourth-order valence-electron chi connectivity index (χ4n) is 3.94. The van der Waals surface area contributed by atoms with Crippen molar-refractivity contribution in [2.24, 2.45) is 0 Å². The lowest BCUT2D eigenvalue weighted by atomic mass is 10.2. The summed E-state index contributed by atoms with van der Waals surface area (Å²) in [5.74, 6) is 1.42. The van der Waals surface area contributed by atoms with E-state index in [-0.39, 0.29) is 11.6 Å². The highest BCUT2D eigenvalue weighted by Gasteiger charge is 2.21. The van der Waals surface area contributed by atoms with Crippen LogP contribution >= 0.6 is 0 Å². The van der Waals surface area contributed by atoms with Gasteiger partial charge in [0.1, 0.15) is 11.5 Å². The van der Waals surface area contributed by atoms with Gasteiger partial charge in [-0.3, -0.25) is 14.7 Å². The van der Waals surface area contributed by atoms with Crippen LogP contribution in [0.25, 0.3) is 11.0 Å². The number of aromatic nitrogens is 2. The minimum Gasteiger partial charge on any atom is -0.497 e. The van der Waals surface area contributed by atoms with E-state index in [4.69, 9.17) is 9.47 Å². The third kappa shape index (κ3) is 5.43. The molecule has 1 aromatic carbocycles. The summed E-state index contributed by atoms with van der Waals surface area (Å²) < 4.78 is 12.2. The van der Waals surface area contributed by atoms with Gasteiger partial charge in [-0.05, 0) is 23.8 Å². The van der Waals surface area contributed by atoms with Crippen molar-refractivity contribution < 1.29 is 14.3 Å². The molecule has 0 radical (unpaired) electrons.